The van der Waals surface area contributed by atoms with Crippen molar-refractivity contribution < 1.29 is 9.50 Å². The number of aliphatic hydroxyl groups excluding tert-OH is 1. The zero-order valence-corrected chi connectivity index (χ0v) is 7.00. The van der Waals surface area contributed by atoms with Gasteiger partial charge in [-0.1, -0.05) is 24.3 Å². The van der Waals surface area contributed by atoms with E-state index in [1.54, 1.807) is 18.2 Å². The van der Waals surface area contributed by atoms with Crippen molar-refractivity contribution in [3.63, 3.8) is 0 Å². The molecule has 0 aromatic heterocycles. The first-order chi connectivity index (χ1) is 6.31. The van der Waals surface area contributed by atoms with Crippen molar-refractivity contribution in [2.75, 3.05) is 0 Å². The van der Waals surface area contributed by atoms with Gasteiger partial charge in [-0.15, -0.1) is 0 Å². The second-order valence-electron chi connectivity index (χ2n) is 2.96. The van der Waals surface area contributed by atoms with Crippen molar-refractivity contribution in [1.82, 2.24) is 0 Å². The van der Waals surface area contributed by atoms with Crippen molar-refractivity contribution in [1.29, 1.82) is 0 Å². The second kappa shape index (κ2) is 3.15. The fourth-order valence-corrected chi connectivity index (χ4v) is 1.41. The number of hydrogen-bond acceptors (Lipinski definition) is 1. The monoisotopic (exact) mass is 176 g/mol. The zero-order chi connectivity index (χ0) is 9.26. The summed E-state index contributed by atoms with van der Waals surface area (Å²) in [6.07, 6.45) is 0. The molecule has 0 radical (unpaired) electrons. The molecule has 2 heteroatoms. The van der Waals surface area contributed by atoms with Gasteiger partial charge in [0.05, 0.1) is 6.61 Å². The number of benzene rings is 2. The summed E-state index contributed by atoms with van der Waals surface area (Å²) < 4.78 is 13.3. The van der Waals surface area contributed by atoms with E-state index in [1.165, 1.54) is 6.07 Å². The summed E-state index contributed by atoms with van der Waals surface area (Å²) in [5.74, 6) is -0.276. The highest BCUT2D eigenvalue weighted by Gasteiger charge is 2.01. The summed E-state index contributed by atoms with van der Waals surface area (Å²) in [5, 5.41) is 10.3. The molecule has 0 aliphatic rings. The summed E-state index contributed by atoms with van der Waals surface area (Å²) in [6.45, 7) is -0.123. The van der Waals surface area contributed by atoms with Crippen molar-refractivity contribution >= 4 is 10.8 Å². The predicted molar refractivity (Wildman–Crippen MR) is 49.8 cm³/mol. The van der Waals surface area contributed by atoms with Gasteiger partial charge in [0, 0.05) is 5.39 Å². The average Bonchev–Trinajstić information content (AvgIpc) is 2.18. The van der Waals surface area contributed by atoms with Crippen molar-refractivity contribution in [3.05, 3.63) is 47.8 Å². The molecule has 2 aromatic carbocycles. The number of rotatable bonds is 1. The Morgan fingerprint density at radius 1 is 1.15 bits per heavy atom. The minimum Gasteiger partial charge on any atom is -0.392 e. The summed E-state index contributed by atoms with van der Waals surface area (Å²) in [4.78, 5) is 0. The van der Waals surface area contributed by atoms with E-state index in [-0.39, 0.29) is 12.4 Å². The maximum atomic E-state index is 13.3. The van der Waals surface area contributed by atoms with Crippen LogP contribution in [0.15, 0.2) is 36.4 Å². The van der Waals surface area contributed by atoms with E-state index >= 15 is 0 Å². The molecule has 66 valence electrons. The molecule has 0 fully saturated rings. The van der Waals surface area contributed by atoms with Gasteiger partial charge in [-0.3, -0.25) is 0 Å². The zero-order valence-electron chi connectivity index (χ0n) is 7.00. The molecular formula is C11H9FO. The summed E-state index contributed by atoms with van der Waals surface area (Å²) in [5.41, 5.74) is 0.608. The number of aliphatic hydroxyl groups is 1. The number of hydrogen-bond donors (Lipinski definition) is 1. The maximum Gasteiger partial charge on any atom is 0.131 e. The van der Waals surface area contributed by atoms with Gasteiger partial charge >= 0.3 is 0 Å². The van der Waals surface area contributed by atoms with Crippen molar-refractivity contribution in [2.45, 2.75) is 6.61 Å². The van der Waals surface area contributed by atoms with Gasteiger partial charge in [0.25, 0.3) is 0 Å². The highest BCUT2D eigenvalue weighted by Crippen LogP contribution is 2.19. The summed E-state index contributed by atoms with van der Waals surface area (Å²) in [7, 11) is 0. The molecule has 2 aromatic rings. The van der Waals surface area contributed by atoms with Crippen LogP contribution in [0.3, 0.4) is 0 Å². The van der Waals surface area contributed by atoms with E-state index < -0.39 is 0 Å². The van der Waals surface area contributed by atoms with Gasteiger partial charge in [0.1, 0.15) is 5.82 Å². The lowest BCUT2D eigenvalue weighted by Crippen LogP contribution is -1.86. The molecule has 0 unspecified atom stereocenters. The van der Waals surface area contributed by atoms with Crippen LogP contribution in [0.2, 0.25) is 0 Å². The average molecular weight is 176 g/mol. The van der Waals surface area contributed by atoms with Gasteiger partial charge in [0.15, 0.2) is 0 Å². The Morgan fingerprint density at radius 2 is 1.92 bits per heavy atom. The topological polar surface area (TPSA) is 20.2 Å². The van der Waals surface area contributed by atoms with Crippen LogP contribution < -0.4 is 0 Å². The predicted octanol–water partition coefficient (Wildman–Crippen LogP) is 2.47. The normalized spacial score (nSPS) is 10.6. The Hall–Kier alpha value is -1.41. The van der Waals surface area contributed by atoms with E-state index in [0.717, 1.165) is 5.39 Å². The molecule has 0 aliphatic heterocycles. The lowest BCUT2D eigenvalue weighted by molar-refractivity contribution is 0.281. The molecule has 0 aliphatic carbocycles. The Bertz CT molecular complexity index is 437. The first kappa shape index (κ1) is 8.20. The quantitative estimate of drug-likeness (QED) is 0.707. The molecule has 0 heterocycles. The van der Waals surface area contributed by atoms with Crippen LogP contribution in [0.25, 0.3) is 10.8 Å². The standard InChI is InChI=1S/C11H9FO/c12-11-6-8(7-13)5-9-3-1-2-4-10(9)11/h1-6,13H,7H2. The first-order valence-electron chi connectivity index (χ1n) is 4.09. The fraction of sp³-hybridized carbons (Fsp3) is 0.0909. The summed E-state index contributed by atoms with van der Waals surface area (Å²) in [6, 6.07) is 10.4. The molecule has 0 amide bonds. The lowest BCUT2D eigenvalue weighted by Gasteiger charge is -2.01. The van der Waals surface area contributed by atoms with Crippen molar-refractivity contribution in [2.24, 2.45) is 0 Å². The van der Waals surface area contributed by atoms with Crippen LogP contribution >= 0.6 is 0 Å². The molecule has 0 spiro atoms. The Labute approximate surface area is 75.4 Å². The van der Waals surface area contributed by atoms with Crippen LogP contribution in [-0.4, -0.2) is 5.11 Å². The lowest BCUT2D eigenvalue weighted by atomic mass is 10.1. The minimum atomic E-state index is -0.276. The Kier molecular flexibility index (Phi) is 1.99. The molecule has 0 bridgehead atoms. The molecule has 13 heavy (non-hydrogen) atoms. The third-order valence-electron chi connectivity index (χ3n) is 2.05. The molecule has 1 nitrogen and oxygen atoms in total. The van der Waals surface area contributed by atoms with Crippen LogP contribution in [0, 0.1) is 5.82 Å². The van der Waals surface area contributed by atoms with Gasteiger partial charge in [-0.25, -0.2) is 4.39 Å². The Morgan fingerprint density at radius 3 is 2.69 bits per heavy atom. The van der Waals surface area contributed by atoms with Gasteiger partial charge in [0.2, 0.25) is 0 Å². The largest absolute Gasteiger partial charge is 0.392 e. The van der Waals surface area contributed by atoms with E-state index in [0.29, 0.717) is 10.9 Å². The third-order valence-corrected chi connectivity index (χ3v) is 2.05. The van der Waals surface area contributed by atoms with E-state index in [4.69, 9.17) is 5.11 Å². The van der Waals surface area contributed by atoms with Crippen LogP contribution in [-0.2, 0) is 6.61 Å². The van der Waals surface area contributed by atoms with Crippen molar-refractivity contribution in [3.8, 4) is 0 Å². The molecule has 2 rings (SSSR count). The molecule has 0 atom stereocenters. The minimum absolute atomic E-state index is 0.123. The smallest absolute Gasteiger partial charge is 0.131 e. The van der Waals surface area contributed by atoms with Crippen LogP contribution in [0.5, 0.6) is 0 Å². The highest BCUT2D eigenvalue weighted by molar-refractivity contribution is 5.83. The van der Waals surface area contributed by atoms with E-state index in [1.807, 2.05) is 12.1 Å². The van der Waals surface area contributed by atoms with Gasteiger partial charge < -0.3 is 5.11 Å². The van der Waals surface area contributed by atoms with E-state index in [2.05, 4.69) is 0 Å². The van der Waals surface area contributed by atoms with Crippen LogP contribution in [0.4, 0.5) is 4.39 Å². The van der Waals surface area contributed by atoms with Gasteiger partial charge in [-0.05, 0) is 23.1 Å². The highest BCUT2D eigenvalue weighted by atomic mass is 19.1. The molecular weight excluding hydrogens is 167 g/mol. The SMILES string of the molecule is OCc1cc(F)c2ccccc2c1. The first-order valence-corrected chi connectivity index (χ1v) is 4.09. The molecule has 1 N–H and O–H groups in total. The number of fused-ring (bicyclic) bond motifs is 1. The van der Waals surface area contributed by atoms with Gasteiger partial charge in [-0.2, -0.15) is 0 Å². The second-order valence-corrected chi connectivity index (χ2v) is 2.96. The summed E-state index contributed by atoms with van der Waals surface area (Å²) >= 11 is 0. The third kappa shape index (κ3) is 1.40. The number of halogens is 1. The maximum absolute atomic E-state index is 13.3. The molecule has 0 saturated carbocycles. The van der Waals surface area contributed by atoms with Crippen LogP contribution in [0.1, 0.15) is 5.56 Å². The van der Waals surface area contributed by atoms with E-state index in [9.17, 15) is 4.39 Å². The molecule has 0 saturated heterocycles. The Balaban J connectivity index is 2.77. The fourth-order valence-electron chi connectivity index (χ4n) is 1.41.